The number of methoxy groups -OCH3 is 1. The second-order valence-electron chi connectivity index (χ2n) is 3.33. The van der Waals surface area contributed by atoms with Crippen LogP contribution in [0, 0.1) is 0 Å². The zero-order chi connectivity index (χ0) is 10.4. The summed E-state index contributed by atoms with van der Waals surface area (Å²) < 4.78 is 5.03. The van der Waals surface area contributed by atoms with E-state index in [0.29, 0.717) is 26.1 Å². The average molecular weight is 202 g/mol. The average Bonchev–Trinajstić information content (AvgIpc) is 2.26. The monoisotopic (exact) mass is 202 g/mol. The largest absolute Gasteiger partial charge is 0.380 e. The van der Waals surface area contributed by atoms with E-state index in [0.717, 1.165) is 12.8 Å². The van der Waals surface area contributed by atoms with Crippen LogP contribution >= 0.6 is 0 Å². The Morgan fingerprint density at radius 2 is 2.43 bits per heavy atom. The van der Waals surface area contributed by atoms with Gasteiger partial charge in [0.25, 0.3) is 0 Å². The third kappa shape index (κ3) is 3.25. The van der Waals surface area contributed by atoms with Crippen LogP contribution in [0.4, 0.5) is 0 Å². The van der Waals surface area contributed by atoms with E-state index in [2.05, 4.69) is 0 Å². The number of rotatable bonds is 4. The summed E-state index contributed by atoms with van der Waals surface area (Å²) in [5.41, 5.74) is 5.42. The van der Waals surface area contributed by atoms with Gasteiger partial charge in [-0.15, -0.1) is 0 Å². The Kier molecular flexibility index (Phi) is 4.86. The van der Waals surface area contributed by atoms with Gasteiger partial charge in [0, 0.05) is 20.2 Å². The van der Waals surface area contributed by atoms with E-state index in [4.69, 9.17) is 15.3 Å². The van der Waals surface area contributed by atoms with Gasteiger partial charge in [0.1, 0.15) is 0 Å². The van der Waals surface area contributed by atoms with Crippen LogP contribution in [0.3, 0.4) is 0 Å². The number of ether oxygens (including phenoxy) is 1. The molecule has 1 rings (SSSR count). The zero-order valence-corrected chi connectivity index (χ0v) is 8.57. The Bertz CT molecular complexity index is 177. The fraction of sp³-hybridized carbons (Fsp3) is 0.889. The van der Waals surface area contributed by atoms with Gasteiger partial charge in [0.15, 0.2) is 0 Å². The van der Waals surface area contributed by atoms with Gasteiger partial charge in [0.2, 0.25) is 5.91 Å². The molecule has 1 aliphatic heterocycles. The summed E-state index contributed by atoms with van der Waals surface area (Å²) in [6, 6.07) is 0. The highest BCUT2D eigenvalue weighted by Gasteiger charge is 2.20. The molecule has 1 amide bonds. The van der Waals surface area contributed by atoms with Crippen molar-refractivity contribution in [3.05, 3.63) is 0 Å². The predicted octanol–water partition coefficient (Wildman–Crippen LogP) is -0.0958. The number of carbonyl (C=O) groups is 1. The number of hydroxylamine groups is 2. The zero-order valence-electron chi connectivity index (χ0n) is 8.57. The first-order valence-electron chi connectivity index (χ1n) is 4.94. The van der Waals surface area contributed by atoms with Gasteiger partial charge in [0.05, 0.1) is 19.1 Å². The summed E-state index contributed by atoms with van der Waals surface area (Å²) >= 11 is 0. The molecule has 0 radical (unpaired) electrons. The summed E-state index contributed by atoms with van der Waals surface area (Å²) in [7, 11) is 1.56. The molecule has 0 aromatic rings. The molecule has 2 N–H and O–H groups in total. The molecule has 1 heterocycles. The quantitative estimate of drug-likeness (QED) is 0.691. The molecule has 0 aliphatic carbocycles. The molecule has 1 aliphatic rings. The maximum atomic E-state index is 11.6. The number of nitrogens with zero attached hydrogens (tertiary/aromatic N) is 1. The Morgan fingerprint density at radius 3 is 2.93 bits per heavy atom. The van der Waals surface area contributed by atoms with Crippen molar-refractivity contribution in [3.63, 3.8) is 0 Å². The van der Waals surface area contributed by atoms with Crippen molar-refractivity contribution < 1.29 is 14.4 Å². The van der Waals surface area contributed by atoms with Gasteiger partial charge in [-0.1, -0.05) is 0 Å². The summed E-state index contributed by atoms with van der Waals surface area (Å²) in [5.74, 6) is -0.0398. The molecule has 82 valence electrons. The van der Waals surface area contributed by atoms with Crippen LogP contribution in [0.1, 0.15) is 19.3 Å². The summed E-state index contributed by atoms with van der Waals surface area (Å²) in [4.78, 5) is 16.8. The smallest absolute Gasteiger partial charge is 0.248 e. The lowest BCUT2D eigenvalue weighted by Gasteiger charge is -2.27. The minimum Gasteiger partial charge on any atom is -0.380 e. The maximum absolute atomic E-state index is 11.6. The van der Waals surface area contributed by atoms with Gasteiger partial charge < -0.3 is 10.5 Å². The van der Waals surface area contributed by atoms with Gasteiger partial charge in [-0.2, -0.15) is 0 Å². The van der Waals surface area contributed by atoms with Crippen molar-refractivity contribution in [2.45, 2.75) is 25.4 Å². The molecule has 1 atom stereocenters. The summed E-state index contributed by atoms with van der Waals surface area (Å²) in [5, 5.41) is 1.42. The van der Waals surface area contributed by atoms with E-state index in [9.17, 15) is 4.79 Å². The first-order valence-corrected chi connectivity index (χ1v) is 4.94. The van der Waals surface area contributed by atoms with Crippen LogP contribution in [0.25, 0.3) is 0 Å². The van der Waals surface area contributed by atoms with E-state index in [1.54, 1.807) is 7.11 Å². The standard InChI is InChI=1S/C9H18N2O3/c1-13-8(7-10)6-9(12)11-4-2-3-5-14-11/h8H,2-7,10H2,1H3. The fourth-order valence-corrected chi connectivity index (χ4v) is 1.35. The molecular formula is C9H18N2O3. The normalized spacial score (nSPS) is 19.4. The van der Waals surface area contributed by atoms with Crippen LogP contribution in [0.5, 0.6) is 0 Å². The number of nitrogens with two attached hydrogens (primary N) is 1. The van der Waals surface area contributed by atoms with Crippen molar-refractivity contribution >= 4 is 5.91 Å². The lowest BCUT2D eigenvalue weighted by atomic mass is 10.2. The van der Waals surface area contributed by atoms with Crippen LogP contribution in [-0.2, 0) is 14.4 Å². The van der Waals surface area contributed by atoms with E-state index in [-0.39, 0.29) is 12.0 Å². The molecule has 1 unspecified atom stereocenters. The first kappa shape index (κ1) is 11.4. The Hall–Kier alpha value is -0.650. The number of hydrogen-bond acceptors (Lipinski definition) is 4. The second-order valence-corrected chi connectivity index (χ2v) is 3.33. The van der Waals surface area contributed by atoms with Crippen molar-refractivity contribution in [3.8, 4) is 0 Å². The molecule has 5 nitrogen and oxygen atoms in total. The lowest BCUT2D eigenvalue weighted by molar-refractivity contribution is -0.198. The Morgan fingerprint density at radius 1 is 1.64 bits per heavy atom. The van der Waals surface area contributed by atoms with Crippen molar-refractivity contribution in [2.24, 2.45) is 5.73 Å². The van der Waals surface area contributed by atoms with Crippen molar-refractivity contribution in [2.75, 3.05) is 26.8 Å². The molecule has 0 aromatic heterocycles. The van der Waals surface area contributed by atoms with Crippen molar-refractivity contribution in [1.29, 1.82) is 0 Å². The van der Waals surface area contributed by atoms with E-state index < -0.39 is 0 Å². The van der Waals surface area contributed by atoms with Crippen LogP contribution in [-0.4, -0.2) is 43.9 Å². The molecule has 5 heteroatoms. The second kappa shape index (κ2) is 5.95. The fourth-order valence-electron chi connectivity index (χ4n) is 1.35. The first-order chi connectivity index (χ1) is 6.77. The Labute approximate surface area is 84.1 Å². The molecule has 0 bridgehead atoms. The van der Waals surface area contributed by atoms with Gasteiger partial charge in [-0.05, 0) is 12.8 Å². The predicted molar refractivity (Wildman–Crippen MR) is 51.4 cm³/mol. The van der Waals surface area contributed by atoms with E-state index in [1.807, 2.05) is 0 Å². The molecule has 0 aromatic carbocycles. The molecule has 1 fully saturated rings. The van der Waals surface area contributed by atoms with E-state index >= 15 is 0 Å². The van der Waals surface area contributed by atoms with E-state index in [1.165, 1.54) is 5.06 Å². The summed E-state index contributed by atoms with van der Waals surface area (Å²) in [6.45, 7) is 1.67. The third-order valence-corrected chi connectivity index (χ3v) is 2.28. The molecule has 0 spiro atoms. The highest BCUT2D eigenvalue weighted by Crippen LogP contribution is 2.09. The van der Waals surface area contributed by atoms with Gasteiger partial charge in [-0.25, -0.2) is 5.06 Å². The highest BCUT2D eigenvalue weighted by atomic mass is 16.7. The number of amides is 1. The van der Waals surface area contributed by atoms with Crippen LogP contribution in [0.2, 0.25) is 0 Å². The van der Waals surface area contributed by atoms with Gasteiger partial charge >= 0.3 is 0 Å². The van der Waals surface area contributed by atoms with Gasteiger partial charge in [-0.3, -0.25) is 9.63 Å². The summed E-state index contributed by atoms with van der Waals surface area (Å²) in [6.07, 6.45) is 2.13. The number of hydrogen-bond donors (Lipinski definition) is 1. The lowest BCUT2D eigenvalue weighted by Crippen LogP contribution is -2.39. The van der Waals surface area contributed by atoms with Crippen LogP contribution < -0.4 is 5.73 Å². The SMILES string of the molecule is COC(CN)CC(=O)N1CCCCO1. The minimum atomic E-state index is -0.201. The Balaban J connectivity index is 2.32. The molecule has 0 saturated carbocycles. The third-order valence-electron chi connectivity index (χ3n) is 2.28. The topological polar surface area (TPSA) is 64.8 Å². The molecule has 14 heavy (non-hydrogen) atoms. The van der Waals surface area contributed by atoms with Crippen molar-refractivity contribution in [1.82, 2.24) is 5.06 Å². The number of carbonyl (C=O) groups excluding carboxylic acids is 1. The molecule has 1 saturated heterocycles. The maximum Gasteiger partial charge on any atom is 0.248 e. The highest BCUT2D eigenvalue weighted by molar-refractivity contribution is 5.75. The van der Waals surface area contributed by atoms with Crippen LogP contribution in [0.15, 0.2) is 0 Å². The molecular weight excluding hydrogens is 184 g/mol. The minimum absolute atomic E-state index is 0.0398.